The quantitative estimate of drug-likeness (QED) is 0.441. The van der Waals surface area contributed by atoms with Crippen molar-refractivity contribution in [2.75, 3.05) is 4.90 Å². The first kappa shape index (κ1) is 29.3. The number of nitrogens with zero attached hydrogens (tertiary/aromatic N) is 3. The molecule has 0 bridgehead atoms. The molecule has 3 heterocycles. The van der Waals surface area contributed by atoms with Crippen molar-refractivity contribution in [3.63, 3.8) is 0 Å². The summed E-state index contributed by atoms with van der Waals surface area (Å²) >= 11 is 0. The summed E-state index contributed by atoms with van der Waals surface area (Å²) in [4.78, 5) is 46.5. The van der Waals surface area contributed by atoms with Gasteiger partial charge in [0.2, 0.25) is 17.7 Å². The molecule has 37 heavy (non-hydrogen) atoms. The summed E-state index contributed by atoms with van der Waals surface area (Å²) in [6, 6.07) is 0. The average Bonchev–Trinajstić information content (AvgIpc) is 3.20. The first-order valence-corrected chi connectivity index (χ1v) is 15.4. The summed E-state index contributed by atoms with van der Waals surface area (Å²) in [6.07, 6.45) is -3.00. The number of aliphatic hydroxyl groups excluding tert-OH is 1. The number of aryl methyl sites for hydroxylation is 1. The van der Waals surface area contributed by atoms with Gasteiger partial charge in [-0.2, -0.15) is 4.98 Å². The number of hydrogen-bond acceptors (Lipinski definition) is 10. The van der Waals surface area contributed by atoms with Gasteiger partial charge in [-0.3, -0.25) is 14.4 Å². The van der Waals surface area contributed by atoms with E-state index in [9.17, 15) is 19.5 Å². The van der Waals surface area contributed by atoms with Crippen molar-refractivity contribution in [2.45, 2.75) is 116 Å². The minimum atomic E-state index is -2.34. The van der Waals surface area contributed by atoms with Crippen molar-refractivity contribution in [1.29, 1.82) is 0 Å². The Morgan fingerprint density at radius 1 is 1.05 bits per heavy atom. The lowest BCUT2D eigenvalue weighted by Crippen LogP contribution is -2.57. The van der Waals surface area contributed by atoms with Crippen molar-refractivity contribution >= 4 is 31.7 Å². The van der Waals surface area contributed by atoms with Crippen LogP contribution in [0.1, 0.15) is 72.9 Å². The molecule has 0 spiro atoms. The fourth-order valence-corrected chi connectivity index (χ4v) is 6.56. The minimum absolute atomic E-state index is 0.124. The lowest BCUT2D eigenvalue weighted by atomic mass is 10.0. The van der Waals surface area contributed by atoms with Gasteiger partial charge < -0.3 is 24.1 Å². The summed E-state index contributed by atoms with van der Waals surface area (Å²) in [5, 5.41) is 11.5. The van der Waals surface area contributed by atoms with E-state index in [4.69, 9.17) is 18.9 Å². The molecule has 0 aromatic carbocycles. The molecule has 206 valence electrons. The van der Waals surface area contributed by atoms with Crippen LogP contribution in [-0.4, -0.2) is 70.8 Å². The maximum atomic E-state index is 12.5. The summed E-state index contributed by atoms with van der Waals surface area (Å²) < 4.78 is 24.1. The van der Waals surface area contributed by atoms with Crippen LogP contribution in [0.2, 0.25) is 18.1 Å². The summed E-state index contributed by atoms with van der Waals surface area (Å²) in [5.41, 5.74) is -0.412. The maximum absolute atomic E-state index is 12.5. The van der Waals surface area contributed by atoms with E-state index >= 15 is 0 Å². The number of aliphatic hydroxyl groups is 1. The van der Waals surface area contributed by atoms with E-state index in [0.717, 1.165) is 4.90 Å². The average molecular weight is 538 g/mol. The highest BCUT2D eigenvalue weighted by Crippen LogP contribution is 2.50. The van der Waals surface area contributed by atoms with Crippen LogP contribution in [0, 0.1) is 6.92 Å². The van der Waals surface area contributed by atoms with Crippen LogP contribution >= 0.6 is 0 Å². The standard InChI is InChI=1S/C25H39N3O8Si/c1-12-22(33-15(4)31)27-21(28(13(2)29)14(3)30)16(26-12)17-18-19(36-25(8,9)35-18)20(34-17)23(32)37(10,11)24(5,6)7/h17-20,23,32H,1-11H3/t17-,18-,19-,20-,23?/m0/s1. The number of rotatable bonds is 5. The van der Waals surface area contributed by atoms with Crippen molar-refractivity contribution in [3.8, 4) is 5.88 Å². The number of amides is 2. The van der Waals surface area contributed by atoms with Gasteiger partial charge in [0.15, 0.2) is 11.6 Å². The monoisotopic (exact) mass is 537 g/mol. The van der Waals surface area contributed by atoms with Gasteiger partial charge in [-0.1, -0.05) is 33.9 Å². The molecule has 2 amide bonds. The Labute approximate surface area is 218 Å². The number of esters is 1. The number of anilines is 1. The van der Waals surface area contributed by atoms with Crippen LogP contribution < -0.4 is 9.64 Å². The van der Waals surface area contributed by atoms with Gasteiger partial charge in [-0.15, -0.1) is 0 Å². The molecule has 1 aromatic heterocycles. The molecule has 1 unspecified atom stereocenters. The number of hydrogen-bond donors (Lipinski definition) is 1. The Hall–Kier alpha value is -2.25. The third-order valence-corrected chi connectivity index (χ3v) is 13.1. The Bertz CT molecular complexity index is 1090. The zero-order valence-corrected chi connectivity index (χ0v) is 24.5. The fraction of sp³-hybridized carbons (Fsp3) is 0.720. The molecule has 2 saturated heterocycles. The molecule has 2 aliphatic heterocycles. The number of aromatic nitrogens is 2. The van der Waals surface area contributed by atoms with Crippen LogP contribution in [0.5, 0.6) is 5.88 Å². The number of imide groups is 1. The van der Waals surface area contributed by atoms with Crippen LogP contribution in [-0.2, 0) is 28.6 Å². The first-order valence-electron chi connectivity index (χ1n) is 12.4. The Balaban J connectivity index is 2.19. The molecular weight excluding hydrogens is 498 g/mol. The lowest BCUT2D eigenvalue weighted by molar-refractivity contribution is -0.194. The molecule has 5 atom stereocenters. The number of fused-ring (bicyclic) bond motifs is 1. The van der Waals surface area contributed by atoms with Crippen molar-refractivity contribution < 1.29 is 38.4 Å². The molecule has 1 aromatic rings. The normalized spacial score (nSPS) is 25.9. The minimum Gasteiger partial charge on any atom is -0.406 e. The maximum Gasteiger partial charge on any atom is 0.309 e. The van der Waals surface area contributed by atoms with Gasteiger partial charge in [-0.05, 0) is 25.8 Å². The smallest absolute Gasteiger partial charge is 0.309 e. The Morgan fingerprint density at radius 3 is 2.08 bits per heavy atom. The first-order chi connectivity index (χ1) is 16.8. The predicted molar refractivity (Wildman–Crippen MR) is 137 cm³/mol. The highest BCUT2D eigenvalue weighted by Gasteiger charge is 2.61. The molecule has 1 N–H and O–H groups in total. The Morgan fingerprint density at radius 2 is 1.59 bits per heavy atom. The third kappa shape index (κ3) is 5.48. The van der Waals surface area contributed by atoms with Crippen LogP contribution in [0.25, 0.3) is 0 Å². The zero-order chi connectivity index (χ0) is 28.2. The van der Waals surface area contributed by atoms with E-state index in [1.54, 1.807) is 20.8 Å². The van der Waals surface area contributed by atoms with Gasteiger partial charge in [-0.25, -0.2) is 9.88 Å². The van der Waals surface area contributed by atoms with Gasteiger partial charge in [0.05, 0.1) is 13.8 Å². The van der Waals surface area contributed by atoms with Crippen molar-refractivity contribution in [2.24, 2.45) is 0 Å². The fourth-order valence-electron chi connectivity index (χ4n) is 4.58. The second-order valence-corrected chi connectivity index (χ2v) is 17.3. The highest BCUT2D eigenvalue weighted by molar-refractivity contribution is 6.81. The summed E-state index contributed by atoms with van der Waals surface area (Å²) in [7, 11) is -2.34. The molecule has 3 rings (SSSR count). The number of carbonyl (C=O) groups is 3. The highest BCUT2D eigenvalue weighted by atomic mass is 28.3. The largest absolute Gasteiger partial charge is 0.406 e. The molecule has 0 saturated carbocycles. The number of carbonyl (C=O) groups excluding carboxylic acids is 3. The molecule has 2 fully saturated rings. The van der Waals surface area contributed by atoms with E-state index in [0.29, 0.717) is 0 Å². The van der Waals surface area contributed by atoms with Crippen molar-refractivity contribution in [1.82, 2.24) is 9.97 Å². The summed E-state index contributed by atoms with van der Waals surface area (Å²) in [6.45, 7) is 19.3. The van der Waals surface area contributed by atoms with E-state index in [-0.39, 0.29) is 28.1 Å². The number of ether oxygens (including phenoxy) is 4. The summed E-state index contributed by atoms with van der Waals surface area (Å²) in [5.74, 6) is -3.05. The predicted octanol–water partition coefficient (Wildman–Crippen LogP) is 2.98. The lowest BCUT2D eigenvalue weighted by Gasteiger charge is -2.43. The molecule has 2 aliphatic rings. The molecule has 0 radical (unpaired) electrons. The SMILES string of the molecule is CC(=O)Oc1nc(N(C(C)=O)C(C)=O)c([C@@H]2O[C@H](C(O)[Si](C)(C)C(C)(C)C)[C@H]3OC(C)(C)O[C@H]32)nc1C. The molecule has 11 nitrogen and oxygen atoms in total. The van der Waals surface area contributed by atoms with Gasteiger partial charge in [0.25, 0.3) is 0 Å². The van der Waals surface area contributed by atoms with E-state index in [1.165, 1.54) is 20.8 Å². The van der Waals surface area contributed by atoms with Crippen LogP contribution in [0.4, 0.5) is 5.82 Å². The van der Waals surface area contributed by atoms with Crippen LogP contribution in [0.3, 0.4) is 0 Å². The topological polar surface area (TPSA) is 137 Å². The van der Waals surface area contributed by atoms with Crippen LogP contribution in [0.15, 0.2) is 0 Å². The van der Waals surface area contributed by atoms with E-state index in [1.807, 2.05) is 0 Å². The Kier molecular flexibility index (Phi) is 7.77. The van der Waals surface area contributed by atoms with Crippen molar-refractivity contribution in [3.05, 3.63) is 11.4 Å². The molecular formula is C25H39N3O8Si. The van der Waals surface area contributed by atoms with Gasteiger partial charge >= 0.3 is 5.97 Å². The molecule has 0 aliphatic carbocycles. The van der Waals surface area contributed by atoms with E-state index in [2.05, 4.69) is 43.8 Å². The van der Waals surface area contributed by atoms with Gasteiger partial charge in [0, 0.05) is 20.8 Å². The second kappa shape index (κ2) is 9.81. The second-order valence-electron chi connectivity index (χ2n) is 11.8. The van der Waals surface area contributed by atoms with Gasteiger partial charge in [0.1, 0.15) is 35.8 Å². The zero-order valence-electron chi connectivity index (χ0n) is 23.5. The van der Waals surface area contributed by atoms with E-state index < -0.39 is 61.8 Å². The molecule has 12 heteroatoms. The third-order valence-electron chi connectivity index (χ3n) is 7.46.